The lowest BCUT2D eigenvalue weighted by molar-refractivity contribution is -0.139. The fourth-order valence-corrected chi connectivity index (χ4v) is 5.50. The minimum atomic E-state index is -1.11. The first-order valence-electron chi connectivity index (χ1n) is 15.9. The first-order chi connectivity index (χ1) is 21.9. The molecule has 0 saturated heterocycles. The topological polar surface area (TPSA) is 78.9 Å². The Morgan fingerprint density at radius 2 is 1.47 bits per heavy atom. The summed E-state index contributed by atoms with van der Waals surface area (Å²) in [5.41, 5.74) is 3.84. The molecule has 1 amide bonds. The molecule has 4 aromatic carbocycles. The highest BCUT2D eigenvalue weighted by atomic mass is 35.5. The highest BCUT2D eigenvalue weighted by Crippen LogP contribution is 2.33. The van der Waals surface area contributed by atoms with E-state index in [0.717, 1.165) is 85.5 Å². The number of aliphatic carboxylic acids is 1. The summed E-state index contributed by atoms with van der Waals surface area (Å²) in [6.45, 7) is 5.99. The molecule has 0 fully saturated rings. The number of amides is 1. The van der Waals surface area contributed by atoms with Gasteiger partial charge in [0.15, 0.2) is 0 Å². The molecule has 4 rings (SSSR count). The van der Waals surface area contributed by atoms with Crippen molar-refractivity contribution in [2.45, 2.75) is 64.8 Å². The molecule has 0 bridgehead atoms. The van der Waals surface area contributed by atoms with E-state index in [1.165, 1.54) is 0 Å². The van der Waals surface area contributed by atoms with E-state index >= 15 is 0 Å². The third-order valence-electron chi connectivity index (χ3n) is 7.77. The first-order valence-corrected chi connectivity index (χ1v) is 16.3. The highest BCUT2D eigenvalue weighted by Gasteiger charge is 2.24. The van der Waals surface area contributed by atoms with Crippen LogP contribution in [0.3, 0.4) is 0 Å². The number of hydrogen-bond donors (Lipinski definition) is 2. The summed E-state index contributed by atoms with van der Waals surface area (Å²) in [5, 5.41) is 13.3. The molecule has 2 N–H and O–H groups in total. The van der Waals surface area contributed by atoms with Crippen LogP contribution in [0, 0.1) is 0 Å². The van der Waals surface area contributed by atoms with E-state index in [9.17, 15) is 14.7 Å². The SMILES string of the molecule is CCCCCN(CCCCC)c1ccc(Cl)cc1C(=O)N[C@@H](Cc1ccc(-c2ccccc2Oc2ccccc2)cc1)C(=O)O. The van der Waals surface area contributed by atoms with Gasteiger partial charge in [-0.3, -0.25) is 4.79 Å². The Morgan fingerprint density at radius 1 is 0.822 bits per heavy atom. The number of halogens is 1. The predicted molar refractivity (Wildman–Crippen MR) is 184 cm³/mol. The van der Waals surface area contributed by atoms with Gasteiger partial charge in [-0.05, 0) is 60.4 Å². The van der Waals surface area contributed by atoms with E-state index in [0.29, 0.717) is 10.6 Å². The average Bonchev–Trinajstić information content (AvgIpc) is 3.05. The van der Waals surface area contributed by atoms with Crippen molar-refractivity contribution in [3.8, 4) is 22.6 Å². The van der Waals surface area contributed by atoms with Crippen LogP contribution < -0.4 is 15.0 Å². The van der Waals surface area contributed by atoms with Crippen molar-refractivity contribution in [3.63, 3.8) is 0 Å². The van der Waals surface area contributed by atoms with Gasteiger partial charge in [0.1, 0.15) is 17.5 Å². The minimum Gasteiger partial charge on any atom is -0.480 e. The second-order valence-corrected chi connectivity index (χ2v) is 11.7. The average molecular weight is 627 g/mol. The number of anilines is 1. The van der Waals surface area contributed by atoms with Crippen LogP contribution in [0.1, 0.15) is 68.3 Å². The predicted octanol–water partition coefficient (Wildman–Crippen LogP) is 9.41. The molecule has 0 aliphatic carbocycles. The van der Waals surface area contributed by atoms with Gasteiger partial charge in [-0.25, -0.2) is 4.79 Å². The third kappa shape index (κ3) is 9.85. The summed E-state index contributed by atoms with van der Waals surface area (Å²) in [5.74, 6) is -0.0720. The van der Waals surface area contributed by atoms with Crippen molar-refractivity contribution < 1.29 is 19.4 Å². The number of unbranched alkanes of at least 4 members (excludes halogenated alkanes) is 4. The highest BCUT2D eigenvalue weighted by molar-refractivity contribution is 6.31. The monoisotopic (exact) mass is 626 g/mol. The van der Waals surface area contributed by atoms with E-state index < -0.39 is 17.9 Å². The van der Waals surface area contributed by atoms with E-state index in [-0.39, 0.29) is 6.42 Å². The second kappa shape index (κ2) is 17.3. The first kappa shape index (κ1) is 33.6. The fourth-order valence-electron chi connectivity index (χ4n) is 5.33. The Balaban J connectivity index is 1.50. The summed E-state index contributed by atoms with van der Waals surface area (Å²) in [7, 11) is 0. The van der Waals surface area contributed by atoms with Gasteiger partial charge in [0, 0.05) is 35.8 Å². The number of carbonyl (C=O) groups is 2. The zero-order valence-corrected chi connectivity index (χ0v) is 26.9. The van der Waals surface area contributed by atoms with Gasteiger partial charge in [0.05, 0.1) is 5.56 Å². The van der Waals surface area contributed by atoms with Gasteiger partial charge < -0.3 is 20.1 Å². The van der Waals surface area contributed by atoms with E-state index in [1.54, 1.807) is 12.1 Å². The zero-order chi connectivity index (χ0) is 32.0. The Labute approximate surface area is 272 Å². The van der Waals surface area contributed by atoms with Crippen molar-refractivity contribution in [3.05, 3.63) is 113 Å². The molecule has 0 spiro atoms. The molecule has 0 heterocycles. The van der Waals surface area contributed by atoms with Crippen LogP contribution in [-0.4, -0.2) is 36.1 Å². The van der Waals surface area contributed by atoms with E-state index in [2.05, 4.69) is 24.1 Å². The maximum absolute atomic E-state index is 13.6. The van der Waals surface area contributed by atoms with Crippen molar-refractivity contribution >= 4 is 29.2 Å². The van der Waals surface area contributed by atoms with Gasteiger partial charge in [0.25, 0.3) is 5.91 Å². The van der Waals surface area contributed by atoms with Crippen molar-refractivity contribution in [2.24, 2.45) is 0 Å². The van der Waals surface area contributed by atoms with Gasteiger partial charge in [0.2, 0.25) is 0 Å². The smallest absolute Gasteiger partial charge is 0.326 e. The Kier molecular flexibility index (Phi) is 12.9. The molecular weight excluding hydrogens is 584 g/mol. The summed E-state index contributed by atoms with van der Waals surface area (Å²) < 4.78 is 6.13. The molecule has 0 saturated carbocycles. The van der Waals surface area contributed by atoms with E-state index in [1.807, 2.05) is 84.9 Å². The molecule has 4 aromatic rings. The van der Waals surface area contributed by atoms with Crippen molar-refractivity contribution in [1.29, 1.82) is 0 Å². The molecule has 0 radical (unpaired) electrons. The van der Waals surface area contributed by atoms with Crippen LogP contribution >= 0.6 is 11.6 Å². The number of hydrogen-bond acceptors (Lipinski definition) is 4. The number of benzene rings is 4. The van der Waals surface area contributed by atoms with Gasteiger partial charge >= 0.3 is 5.97 Å². The number of nitrogens with one attached hydrogen (secondary N) is 1. The quantitative estimate of drug-likeness (QED) is 0.114. The number of para-hydroxylation sites is 2. The number of rotatable bonds is 17. The van der Waals surface area contributed by atoms with Crippen LogP contribution in [0.4, 0.5) is 5.69 Å². The summed E-state index contributed by atoms with van der Waals surface area (Å²) >= 11 is 6.35. The van der Waals surface area contributed by atoms with Gasteiger partial charge in [-0.2, -0.15) is 0 Å². The molecule has 1 atom stereocenters. The molecule has 236 valence electrons. The molecule has 0 aliphatic rings. The lowest BCUT2D eigenvalue weighted by Crippen LogP contribution is -2.43. The Hall–Kier alpha value is -4.29. The molecular formula is C38H43ClN2O4. The fraction of sp³-hybridized carbons (Fsp3) is 0.316. The van der Waals surface area contributed by atoms with E-state index in [4.69, 9.17) is 16.3 Å². The molecule has 7 heteroatoms. The second-order valence-electron chi connectivity index (χ2n) is 11.2. The molecule has 6 nitrogen and oxygen atoms in total. The number of carboxylic acids is 1. The van der Waals surface area contributed by atoms with Crippen molar-refractivity contribution in [2.75, 3.05) is 18.0 Å². The lowest BCUT2D eigenvalue weighted by Gasteiger charge is -2.27. The lowest BCUT2D eigenvalue weighted by atomic mass is 9.99. The maximum atomic E-state index is 13.6. The summed E-state index contributed by atoms with van der Waals surface area (Å²) in [4.78, 5) is 28.2. The maximum Gasteiger partial charge on any atom is 0.326 e. The van der Waals surface area contributed by atoms with Gasteiger partial charge in [-0.1, -0.05) is 112 Å². The normalized spacial score (nSPS) is 11.5. The molecule has 45 heavy (non-hydrogen) atoms. The van der Waals surface area contributed by atoms with Crippen LogP contribution in [-0.2, 0) is 11.2 Å². The molecule has 0 aliphatic heterocycles. The number of carboxylic acid groups (broad SMARTS) is 1. The van der Waals surface area contributed by atoms with Crippen LogP contribution in [0.5, 0.6) is 11.5 Å². The number of carbonyl (C=O) groups excluding carboxylic acids is 1. The number of nitrogens with zero attached hydrogens (tertiary/aromatic N) is 1. The summed E-state index contributed by atoms with van der Waals surface area (Å²) in [6, 6.07) is 29.3. The largest absolute Gasteiger partial charge is 0.480 e. The molecule has 0 aromatic heterocycles. The minimum absolute atomic E-state index is 0.135. The third-order valence-corrected chi connectivity index (χ3v) is 8.01. The Morgan fingerprint density at radius 3 is 2.11 bits per heavy atom. The summed E-state index contributed by atoms with van der Waals surface area (Å²) in [6.07, 6.45) is 6.58. The zero-order valence-electron chi connectivity index (χ0n) is 26.2. The molecule has 0 unspecified atom stereocenters. The van der Waals surface area contributed by atoms with Crippen LogP contribution in [0.25, 0.3) is 11.1 Å². The van der Waals surface area contributed by atoms with Crippen LogP contribution in [0.15, 0.2) is 97.1 Å². The number of ether oxygens (including phenoxy) is 1. The van der Waals surface area contributed by atoms with Crippen molar-refractivity contribution in [1.82, 2.24) is 5.32 Å². The standard InChI is InChI=1S/C38H43ClN2O4/c1-3-5-12-24-41(25-13-6-4-2)35-23-22-30(39)27-33(35)37(42)40-34(38(43)44)26-28-18-20-29(21-19-28)32-16-10-11-17-36(32)45-31-14-8-7-9-15-31/h7-11,14-23,27,34H,3-6,12-13,24-26H2,1-2H3,(H,40,42)(H,43,44)/t34-/m0/s1. The Bertz CT molecular complexity index is 1510. The van der Waals surface area contributed by atoms with Crippen LogP contribution in [0.2, 0.25) is 5.02 Å². The van der Waals surface area contributed by atoms with Gasteiger partial charge in [-0.15, -0.1) is 0 Å².